The first-order valence-electron chi connectivity index (χ1n) is 17.2. The maximum atomic E-state index is 13.5. The van der Waals surface area contributed by atoms with E-state index in [2.05, 4.69) is 12.2 Å². The van der Waals surface area contributed by atoms with Crippen LogP contribution in [-0.2, 0) is 19.1 Å². The number of carbonyl (C=O) groups excluding carboxylic acids is 2. The Kier molecular flexibility index (Phi) is 12.8. The van der Waals surface area contributed by atoms with Crippen LogP contribution in [0.5, 0.6) is 0 Å². The quantitative estimate of drug-likeness (QED) is 0.163. The van der Waals surface area contributed by atoms with Gasteiger partial charge in [0.05, 0.1) is 18.1 Å². The number of amides is 3. The van der Waals surface area contributed by atoms with Gasteiger partial charge in [-0.3, -0.25) is 9.59 Å². The summed E-state index contributed by atoms with van der Waals surface area (Å²) in [6, 6.07) is -0.517. The van der Waals surface area contributed by atoms with Gasteiger partial charge in [-0.2, -0.15) is 0 Å². The van der Waals surface area contributed by atoms with Crippen molar-refractivity contribution in [1.82, 2.24) is 10.2 Å². The summed E-state index contributed by atoms with van der Waals surface area (Å²) in [6.45, 7) is 9.87. The van der Waals surface area contributed by atoms with E-state index >= 15 is 0 Å². The number of carboxylic acids is 1. The van der Waals surface area contributed by atoms with Crippen molar-refractivity contribution in [2.75, 3.05) is 13.2 Å². The Bertz CT molecular complexity index is 923. The van der Waals surface area contributed by atoms with Crippen molar-refractivity contribution in [1.29, 1.82) is 0 Å². The van der Waals surface area contributed by atoms with Crippen LogP contribution < -0.4 is 11.1 Å². The van der Waals surface area contributed by atoms with E-state index in [0.29, 0.717) is 19.4 Å². The van der Waals surface area contributed by atoms with Crippen molar-refractivity contribution in [3.63, 3.8) is 0 Å². The van der Waals surface area contributed by atoms with Crippen LogP contribution in [0.15, 0.2) is 0 Å². The van der Waals surface area contributed by atoms with Crippen LogP contribution in [0.2, 0.25) is 0 Å². The molecule has 9 heteroatoms. The molecule has 3 fully saturated rings. The van der Waals surface area contributed by atoms with Crippen LogP contribution in [0.1, 0.15) is 150 Å². The SMILES string of the molecule is CCCCCCCCCCC1(N(C(N)=O)C2(C(CNC(=O)C3OC(C)(C)OCC3(C)C)C(=O)O)CCCCC2)CCCC1. The van der Waals surface area contributed by atoms with E-state index < -0.39 is 46.3 Å². The van der Waals surface area contributed by atoms with Gasteiger partial charge in [-0.1, -0.05) is 104 Å². The van der Waals surface area contributed by atoms with Gasteiger partial charge in [-0.25, -0.2) is 4.79 Å². The topological polar surface area (TPSA) is 131 Å². The molecule has 3 aliphatic rings. The Morgan fingerprint density at radius 2 is 1.44 bits per heavy atom. The molecule has 0 spiro atoms. The molecule has 0 radical (unpaired) electrons. The predicted molar refractivity (Wildman–Crippen MR) is 168 cm³/mol. The molecule has 2 saturated carbocycles. The Morgan fingerprint density at radius 3 is 2.00 bits per heavy atom. The number of nitrogens with zero attached hydrogens (tertiary/aromatic N) is 1. The van der Waals surface area contributed by atoms with Gasteiger partial charge in [0.25, 0.3) is 0 Å². The van der Waals surface area contributed by atoms with E-state index in [9.17, 15) is 19.5 Å². The Labute approximate surface area is 260 Å². The zero-order valence-electron chi connectivity index (χ0n) is 27.8. The number of nitrogens with two attached hydrogens (primary N) is 1. The summed E-state index contributed by atoms with van der Waals surface area (Å²) in [5.41, 5.74) is 4.31. The molecule has 4 N–H and O–H groups in total. The van der Waals surface area contributed by atoms with Crippen LogP contribution in [0, 0.1) is 11.3 Å². The summed E-state index contributed by atoms with van der Waals surface area (Å²) >= 11 is 0. The molecule has 3 amide bonds. The number of unbranched alkanes of at least 4 members (excludes halogenated alkanes) is 7. The normalized spacial score (nSPS) is 24.6. The van der Waals surface area contributed by atoms with Gasteiger partial charge in [-0.05, 0) is 46.0 Å². The van der Waals surface area contributed by atoms with Gasteiger partial charge in [0, 0.05) is 17.5 Å². The second-order valence-electron chi connectivity index (χ2n) is 14.8. The van der Waals surface area contributed by atoms with E-state index in [1.807, 2.05) is 18.7 Å². The molecule has 1 aliphatic heterocycles. The van der Waals surface area contributed by atoms with Crippen molar-refractivity contribution in [3.05, 3.63) is 0 Å². The molecular formula is C34H61N3O6. The molecule has 0 bridgehead atoms. The number of hydrogen-bond acceptors (Lipinski definition) is 5. The molecule has 2 aliphatic carbocycles. The minimum Gasteiger partial charge on any atom is -0.481 e. The summed E-state index contributed by atoms with van der Waals surface area (Å²) in [7, 11) is 0. The molecule has 0 aromatic carbocycles. The lowest BCUT2D eigenvalue weighted by atomic mass is 9.68. The highest BCUT2D eigenvalue weighted by molar-refractivity contribution is 5.83. The second-order valence-corrected chi connectivity index (χ2v) is 14.8. The number of urea groups is 1. The number of carboxylic acid groups (broad SMARTS) is 1. The van der Waals surface area contributed by atoms with Gasteiger partial charge in [0.2, 0.25) is 5.91 Å². The number of carbonyl (C=O) groups is 3. The molecule has 2 unspecified atom stereocenters. The standard InChI is InChI=1S/C34H61N3O6/c1-6-7-8-9-10-11-12-14-19-33(20-17-18-21-33)37(30(35)41)34(22-15-13-16-23-34)26(29(39)40)24-36-28(38)27-31(2,3)25-42-32(4,5)43-27/h26-27H,6-25H2,1-5H3,(H2,35,41)(H,36,38)(H,39,40). The average Bonchev–Trinajstić information content (AvgIpc) is 3.41. The third-order valence-corrected chi connectivity index (χ3v) is 10.5. The Morgan fingerprint density at radius 1 is 0.884 bits per heavy atom. The number of aliphatic carboxylic acids is 1. The van der Waals surface area contributed by atoms with E-state index in [4.69, 9.17) is 15.2 Å². The molecule has 1 heterocycles. The molecule has 9 nitrogen and oxygen atoms in total. The van der Waals surface area contributed by atoms with E-state index in [1.165, 1.54) is 38.5 Å². The fourth-order valence-electron chi connectivity index (χ4n) is 8.15. The van der Waals surface area contributed by atoms with Crippen LogP contribution in [0.4, 0.5) is 4.79 Å². The van der Waals surface area contributed by atoms with E-state index in [1.54, 1.807) is 13.8 Å². The maximum absolute atomic E-state index is 13.5. The molecule has 43 heavy (non-hydrogen) atoms. The minimum absolute atomic E-state index is 0.0803. The first kappa shape index (κ1) is 35.6. The third-order valence-electron chi connectivity index (χ3n) is 10.5. The van der Waals surface area contributed by atoms with Gasteiger partial charge in [0.1, 0.15) is 6.10 Å². The summed E-state index contributed by atoms with van der Waals surface area (Å²) in [5.74, 6) is -3.24. The fraction of sp³-hybridized carbons (Fsp3) is 0.912. The molecule has 2 atom stereocenters. The largest absolute Gasteiger partial charge is 0.481 e. The zero-order valence-corrected chi connectivity index (χ0v) is 27.8. The Hall–Kier alpha value is -1.87. The van der Waals surface area contributed by atoms with Crippen LogP contribution in [0.3, 0.4) is 0 Å². The molecule has 0 aromatic rings. The number of hydrogen-bond donors (Lipinski definition) is 3. The van der Waals surface area contributed by atoms with Crippen molar-refractivity contribution in [3.8, 4) is 0 Å². The lowest BCUT2D eigenvalue weighted by molar-refractivity contribution is -0.304. The zero-order chi connectivity index (χ0) is 31.7. The lowest BCUT2D eigenvalue weighted by Crippen LogP contribution is -2.69. The number of nitrogens with one attached hydrogen (secondary N) is 1. The van der Waals surface area contributed by atoms with Crippen molar-refractivity contribution < 1.29 is 29.0 Å². The van der Waals surface area contributed by atoms with Crippen molar-refractivity contribution in [2.45, 2.75) is 173 Å². The molecular weight excluding hydrogens is 546 g/mol. The number of rotatable bonds is 16. The molecule has 0 aromatic heterocycles. The third kappa shape index (κ3) is 8.86. The number of ether oxygens (including phenoxy) is 2. The second kappa shape index (κ2) is 15.4. The van der Waals surface area contributed by atoms with Gasteiger partial charge < -0.3 is 30.5 Å². The first-order chi connectivity index (χ1) is 20.3. The highest BCUT2D eigenvalue weighted by atomic mass is 16.7. The van der Waals surface area contributed by atoms with Gasteiger partial charge in [0.15, 0.2) is 5.79 Å². The first-order valence-corrected chi connectivity index (χ1v) is 17.2. The van der Waals surface area contributed by atoms with Crippen LogP contribution >= 0.6 is 0 Å². The van der Waals surface area contributed by atoms with E-state index in [-0.39, 0.29) is 12.5 Å². The molecule has 248 valence electrons. The monoisotopic (exact) mass is 607 g/mol. The smallest absolute Gasteiger partial charge is 0.315 e. The van der Waals surface area contributed by atoms with Gasteiger partial charge in [-0.15, -0.1) is 0 Å². The van der Waals surface area contributed by atoms with Gasteiger partial charge >= 0.3 is 12.0 Å². The minimum atomic E-state index is -0.999. The van der Waals surface area contributed by atoms with Crippen LogP contribution in [0.25, 0.3) is 0 Å². The summed E-state index contributed by atoms with van der Waals surface area (Å²) < 4.78 is 11.8. The lowest BCUT2D eigenvalue weighted by Gasteiger charge is -2.56. The highest BCUT2D eigenvalue weighted by Gasteiger charge is 2.57. The maximum Gasteiger partial charge on any atom is 0.315 e. The highest BCUT2D eigenvalue weighted by Crippen LogP contribution is 2.50. The molecule has 3 rings (SSSR count). The number of primary amides is 1. The van der Waals surface area contributed by atoms with E-state index in [0.717, 1.165) is 64.2 Å². The van der Waals surface area contributed by atoms with Crippen molar-refractivity contribution in [2.24, 2.45) is 17.1 Å². The van der Waals surface area contributed by atoms with Crippen molar-refractivity contribution >= 4 is 17.9 Å². The summed E-state index contributed by atoms with van der Waals surface area (Å²) in [5, 5.41) is 13.7. The summed E-state index contributed by atoms with van der Waals surface area (Å²) in [6.07, 6.45) is 17.3. The Balaban J connectivity index is 1.82. The predicted octanol–water partition coefficient (Wildman–Crippen LogP) is 6.91. The fourth-order valence-corrected chi connectivity index (χ4v) is 8.15. The molecule has 1 saturated heterocycles. The average molecular weight is 608 g/mol. The van der Waals surface area contributed by atoms with Crippen LogP contribution in [-0.4, -0.2) is 64.0 Å². The summed E-state index contributed by atoms with van der Waals surface area (Å²) in [4.78, 5) is 42.0.